The first kappa shape index (κ1) is 13.0. The molecule has 1 heterocycles. The molecule has 1 aromatic carbocycles. The summed E-state index contributed by atoms with van der Waals surface area (Å²) in [6.07, 6.45) is 0. The second kappa shape index (κ2) is 5.04. The first-order valence-corrected chi connectivity index (χ1v) is 6.19. The van der Waals surface area contributed by atoms with Crippen LogP contribution in [0.5, 0.6) is 0 Å². The lowest BCUT2D eigenvalue weighted by Gasteiger charge is -2.26. The molecule has 96 valence electrons. The molecule has 2 rings (SSSR count). The zero-order valence-electron chi connectivity index (χ0n) is 10.8. The van der Waals surface area contributed by atoms with E-state index >= 15 is 0 Å². The zero-order chi connectivity index (χ0) is 13.2. The van der Waals surface area contributed by atoms with Gasteiger partial charge in [0.25, 0.3) is 0 Å². The highest BCUT2D eigenvalue weighted by Crippen LogP contribution is 2.24. The van der Waals surface area contributed by atoms with E-state index in [1.165, 1.54) is 0 Å². The van der Waals surface area contributed by atoms with Crippen LogP contribution in [0.25, 0.3) is 11.4 Å². The Morgan fingerprint density at radius 3 is 2.61 bits per heavy atom. The number of hydrogen-bond acceptors (Lipinski definition) is 3. The maximum absolute atomic E-state index is 5.32. The minimum Gasteiger partial charge on any atom is -0.382 e. The number of aromatic nitrogens is 3. The van der Waals surface area contributed by atoms with E-state index in [1.54, 1.807) is 7.11 Å². The summed E-state index contributed by atoms with van der Waals surface area (Å²) in [5, 5.41) is 7.19. The largest absolute Gasteiger partial charge is 0.382 e. The smallest absolute Gasteiger partial charge is 0.196 e. The maximum Gasteiger partial charge on any atom is 0.196 e. The maximum atomic E-state index is 5.32. The Morgan fingerprint density at radius 2 is 2.00 bits per heavy atom. The van der Waals surface area contributed by atoms with Crippen LogP contribution in [-0.4, -0.2) is 28.5 Å². The lowest BCUT2D eigenvalue weighted by Crippen LogP contribution is -2.32. The molecular formula is C13H17N3OS. The van der Waals surface area contributed by atoms with Crippen molar-refractivity contribution in [2.75, 3.05) is 13.7 Å². The van der Waals surface area contributed by atoms with Crippen LogP contribution in [0, 0.1) is 4.77 Å². The van der Waals surface area contributed by atoms with Gasteiger partial charge in [-0.05, 0) is 26.1 Å². The van der Waals surface area contributed by atoms with Gasteiger partial charge < -0.3 is 4.74 Å². The first-order chi connectivity index (χ1) is 8.56. The van der Waals surface area contributed by atoms with Crippen LogP contribution in [0.15, 0.2) is 30.3 Å². The Hall–Kier alpha value is -1.46. The Bertz CT molecular complexity index is 571. The van der Waals surface area contributed by atoms with E-state index < -0.39 is 0 Å². The fourth-order valence-electron chi connectivity index (χ4n) is 2.06. The summed E-state index contributed by atoms with van der Waals surface area (Å²) < 4.78 is 7.88. The molecule has 0 radical (unpaired) electrons. The second-order valence-corrected chi connectivity index (χ2v) is 5.19. The molecular weight excluding hydrogens is 246 g/mol. The summed E-state index contributed by atoms with van der Waals surface area (Å²) in [6, 6.07) is 9.99. The van der Waals surface area contributed by atoms with Crippen molar-refractivity contribution >= 4 is 12.2 Å². The molecule has 0 bridgehead atoms. The van der Waals surface area contributed by atoms with Gasteiger partial charge >= 0.3 is 0 Å². The molecule has 0 aliphatic rings. The standard InChI is InChI=1S/C13H17N3OS/c1-13(2,9-17-3)16-11(14-15-12(16)18)10-7-5-4-6-8-10/h4-8H,9H2,1-3H3,(H,15,18). The van der Waals surface area contributed by atoms with Crippen LogP contribution in [0.1, 0.15) is 13.8 Å². The topological polar surface area (TPSA) is 42.8 Å². The number of nitrogens with zero attached hydrogens (tertiary/aromatic N) is 2. The minimum atomic E-state index is -0.246. The minimum absolute atomic E-state index is 0.246. The molecule has 0 saturated heterocycles. The average molecular weight is 263 g/mol. The van der Waals surface area contributed by atoms with Crippen molar-refractivity contribution in [3.8, 4) is 11.4 Å². The van der Waals surface area contributed by atoms with Crippen LogP contribution in [0.3, 0.4) is 0 Å². The molecule has 0 unspecified atom stereocenters. The van der Waals surface area contributed by atoms with Crippen LogP contribution in [-0.2, 0) is 10.3 Å². The van der Waals surface area contributed by atoms with Crippen LogP contribution < -0.4 is 0 Å². The van der Waals surface area contributed by atoms with Gasteiger partial charge in [0, 0.05) is 12.7 Å². The van der Waals surface area contributed by atoms with E-state index in [0.29, 0.717) is 11.4 Å². The molecule has 0 aliphatic heterocycles. The number of rotatable bonds is 4. The summed E-state index contributed by atoms with van der Waals surface area (Å²) in [5.41, 5.74) is 0.790. The molecule has 0 atom stereocenters. The van der Waals surface area contributed by atoms with Gasteiger partial charge in [0.1, 0.15) is 0 Å². The fourth-order valence-corrected chi connectivity index (χ4v) is 2.44. The molecule has 18 heavy (non-hydrogen) atoms. The molecule has 0 saturated carbocycles. The van der Waals surface area contributed by atoms with Gasteiger partial charge in [-0.25, -0.2) is 0 Å². The molecule has 1 aromatic heterocycles. The average Bonchev–Trinajstić information content (AvgIpc) is 2.73. The lowest BCUT2D eigenvalue weighted by atomic mass is 10.1. The Balaban J connectivity index is 2.56. The number of nitrogens with one attached hydrogen (secondary N) is 1. The number of methoxy groups -OCH3 is 1. The first-order valence-electron chi connectivity index (χ1n) is 5.78. The third kappa shape index (κ3) is 2.37. The Kier molecular flexibility index (Phi) is 3.63. The van der Waals surface area contributed by atoms with Gasteiger partial charge in [-0.1, -0.05) is 30.3 Å². The number of ether oxygens (including phenoxy) is 1. The molecule has 1 N–H and O–H groups in total. The van der Waals surface area contributed by atoms with E-state index in [-0.39, 0.29) is 5.54 Å². The van der Waals surface area contributed by atoms with Crippen molar-refractivity contribution in [1.29, 1.82) is 0 Å². The van der Waals surface area contributed by atoms with Gasteiger partial charge in [-0.2, -0.15) is 5.10 Å². The van der Waals surface area contributed by atoms with Crippen molar-refractivity contribution in [2.24, 2.45) is 0 Å². The van der Waals surface area contributed by atoms with Crippen LogP contribution in [0.4, 0.5) is 0 Å². The fraction of sp³-hybridized carbons (Fsp3) is 0.385. The van der Waals surface area contributed by atoms with Crippen molar-refractivity contribution < 1.29 is 4.74 Å². The van der Waals surface area contributed by atoms with Gasteiger partial charge in [0.2, 0.25) is 0 Å². The normalized spacial score (nSPS) is 11.7. The highest BCUT2D eigenvalue weighted by atomic mass is 32.1. The monoisotopic (exact) mass is 263 g/mol. The number of hydrogen-bond donors (Lipinski definition) is 1. The summed E-state index contributed by atoms with van der Waals surface area (Å²) in [7, 11) is 1.69. The predicted molar refractivity (Wildman–Crippen MR) is 74.0 cm³/mol. The van der Waals surface area contributed by atoms with E-state index in [9.17, 15) is 0 Å². The highest BCUT2D eigenvalue weighted by molar-refractivity contribution is 7.71. The number of aromatic amines is 1. The summed E-state index contributed by atoms with van der Waals surface area (Å²) in [5.74, 6) is 0.836. The molecule has 0 fully saturated rings. The third-order valence-electron chi connectivity index (χ3n) is 2.81. The molecule has 4 nitrogen and oxygen atoms in total. The quantitative estimate of drug-likeness (QED) is 0.862. The Morgan fingerprint density at radius 1 is 1.33 bits per heavy atom. The summed E-state index contributed by atoms with van der Waals surface area (Å²) >= 11 is 5.32. The van der Waals surface area contributed by atoms with E-state index in [1.807, 2.05) is 34.9 Å². The lowest BCUT2D eigenvalue weighted by molar-refractivity contribution is 0.109. The van der Waals surface area contributed by atoms with Crippen LogP contribution in [0.2, 0.25) is 0 Å². The number of H-pyrrole nitrogens is 1. The van der Waals surface area contributed by atoms with Gasteiger partial charge in [0.15, 0.2) is 10.6 Å². The Labute approximate surface area is 112 Å². The SMILES string of the molecule is COCC(C)(C)n1c(-c2ccccc2)n[nH]c1=S. The van der Waals surface area contributed by atoms with E-state index in [0.717, 1.165) is 11.4 Å². The summed E-state index contributed by atoms with van der Waals surface area (Å²) in [6.45, 7) is 4.73. The molecule has 2 aromatic rings. The highest BCUT2D eigenvalue weighted by Gasteiger charge is 2.25. The van der Waals surface area contributed by atoms with Gasteiger partial charge in [-0.15, -0.1) is 0 Å². The van der Waals surface area contributed by atoms with Crippen molar-refractivity contribution in [3.63, 3.8) is 0 Å². The zero-order valence-corrected chi connectivity index (χ0v) is 11.6. The van der Waals surface area contributed by atoms with Gasteiger partial charge in [-0.3, -0.25) is 9.67 Å². The predicted octanol–water partition coefficient (Wildman–Crippen LogP) is 2.99. The molecule has 0 spiro atoms. The molecule has 5 heteroatoms. The van der Waals surface area contributed by atoms with E-state index in [2.05, 4.69) is 24.0 Å². The molecule has 0 amide bonds. The van der Waals surface area contributed by atoms with Crippen molar-refractivity contribution in [1.82, 2.24) is 14.8 Å². The number of benzene rings is 1. The second-order valence-electron chi connectivity index (χ2n) is 4.80. The van der Waals surface area contributed by atoms with Crippen molar-refractivity contribution in [2.45, 2.75) is 19.4 Å². The van der Waals surface area contributed by atoms with Crippen molar-refractivity contribution in [3.05, 3.63) is 35.1 Å². The summed E-state index contributed by atoms with van der Waals surface area (Å²) in [4.78, 5) is 0. The molecule has 0 aliphatic carbocycles. The third-order valence-corrected chi connectivity index (χ3v) is 3.08. The van der Waals surface area contributed by atoms with Gasteiger partial charge in [0.05, 0.1) is 12.1 Å². The van der Waals surface area contributed by atoms with E-state index in [4.69, 9.17) is 17.0 Å². The van der Waals surface area contributed by atoms with Crippen LogP contribution >= 0.6 is 12.2 Å².